The van der Waals surface area contributed by atoms with E-state index in [1.807, 2.05) is 54.6 Å². The predicted molar refractivity (Wildman–Crippen MR) is 126 cm³/mol. The van der Waals surface area contributed by atoms with Gasteiger partial charge in [-0.2, -0.15) is 0 Å². The van der Waals surface area contributed by atoms with Crippen molar-refractivity contribution in [2.75, 3.05) is 18.0 Å². The Morgan fingerprint density at radius 3 is 2.56 bits per heavy atom. The number of ether oxygens (including phenoxy) is 1. The summed E-state index contributed by atoms with van der Waals surface area (Å²) in [4.78, 5) is 31.0. The van der Waals surface area contributed by atoms with Crippen LogP contribution < -0.4 is 20.7 Å². The molecule has 3 N–H and O–H groups in total. The molecule has 164 valence electrons. The maximum atomic E-state index is 12.1. The predicted octanol–water partition coefficient (Wildman–Crippen LogP) is 3.97. The van der Waals surface area contributed by atoms with Crippen molar-refractivity contribution in [1.82, 2.24) is 10.3 Å². The zero-order chi connectivity index (χ0) is 22.5. The van der Waals surface area contributed by atoms with Gasteiger partial charge in [0.05, 0.1) is 5.69 Å². The number of piperidine rings is 1. The number of rotatable bonds is 7. The van der Waals surface area contributed by atoms with Crippen LogP contribution in [0.2, 0.25) is 0 Å². The molecular formula is C24H24N4O3S. The highest BCUT2D eigenvalue weighted by Gasteiger charge is 2.26. The van der Waals surface area contributed by atoms with Gasteiger partial charge in [0, 0.05) is 24.7 Å². The van der Waals surface area contributed by atoms with E-state index in [0.717, 1.165) is 35.8 Å². The van der Waals surface area contributed by atoms with E-state index in [9.17, 15) is 9.59 Å². The van der Waals surface area contributed by atoms with Crippen LogP contribution in [0.15, 0.2) is 67.3 Å². The third kappa shape index (κ3) is 4.97. The Kier molecular flexibility index (Phi) is 6.51. The van der Waals surface area contributed by atoms with Gasteiger partial charge in [-0.3, -0.25) is 9.59 Å². The normalized spacial score (nSPS) is 15.8. The van der Waals surface area contributed by atoms with Crippen molar-refractivity contribution in [1.29, 1.82) is 0 Å². The highest BCUT2D eigenvalue weighted by molar-refractivity contribution is 7.18. The van der Waals surface area contributed by atoms with Gasteiger partial charge >= 0.3 is 0 Å². The van der Waals surface area contributed by atoms with Crippen molar-refractivity contribution in [3.8, 4) is 22.8 Å². The fourth-order valence-electron chi connectivity index (χ4n) is 3.64. The summed E-state index contributed by atoms with van der Waals surface area (Å²) in [5, 5.41) is 3.66. The second-order valence-electron chi connectivity index (χ2n) is 7.48. The third-order valence-electron chi connectivity index (χ3n) is 5.17. The molecule has 1 saturated heterocycles. The highest BCUT2D eigenvalue weighted by atomic mass is 32.1. The van der Waals surface area contributed by atoms with Crippen LogP contribution in [0, 0.1) is 0 Å². The minimum Gasteiger partial charge on any atom is -0.457 e. The molecule has 1 aliphatic heterocycles. The number of anilines is 1. The SMILES string of the molecule is C=CC(=O)NC1CCCN(c2nc(-c3ccc(Oc4ccccc4)cc3)c(C(N)=O)s2)C1. The lowest BCUT2D eigenvalue weighted by Crippen LogP contribution is -2.47. The van der Waals surface area contributed by atoms with E-state index in [1.165, 1.54) is 17.4 Å². The standard InChI is InChI=1S/C24H24N4O3S/c1-2-20(29)26-17-7-6-14-28(15-17)24-27-21(22(32-24)23(25)30)16-10-12-19(13-11-16)31-18-8-4-3-5-9-18/h2-5,8-13,17H,1,6-7,14-15H2,(H2,25,30)(H,26,29). The molecule has 1 aromatic heterocycles. The van der Waals surface area contributed by atoms with Gasteiger partial charge in [-0.05, 0) is 55.3 Å². The lowest BCUT2D eigenvalue weighted by atomic mass is 10.1. The van der Waals surface area contributed by atoms with E-state index in [1.54, 1.807) is 0 Å². The fourth-order valence-corrected chi connectivity index (χ4v) is 4.62. The van der Waals surface area contributed by atoms with Crippen molar-refractivity contribution in [3.63, 3.8) is 0 Å². The van der Waals surface area contributed by atoms with Gasteiger partial charge in [0.2, 0.25) is 5.91 Å². The zero-order valence-corrected chi connectivity index (χ0v) is 18.3. The van der Waals surface area contributed by atoms with E-state index < -0.39 is 5.91 Å². The summed E-state index contributed by atoms with van der Waals surface area (Å²) in [5.74, 6) is 0.735. The number of nitrogens with one attached hydrogen (secondary N) is 1. The first-order chi connectivity index (χ1) is 15.5. The van der Waals surface area contributed by atoms with Crippen LogP contribution in [-0.4, -0.2) is 35.9 Å². The summed E-state index contributed by atoms with van der Waals surface area (Å²) in [6, 6.07) is 16.9. The topological polar surface area (TPSA) is 97.6 Å². The first kappa shape index (κ1) is 21.6. The maximum Gasteiger partial charge on any atom is 0.261 e. The second kappa shape index (κ2) is 9.65. The number of para-hydroxylation sites is 1. The quantitative estimate of drug-likeness (QED) is 0.533. The van der Waals surface area contributed by atoms with Crippen LogP contribution >= 0.6 is 11.3 Å². The lowest BCUT2D eigenvalue weighted by Gasteiger charge is -2.32. The monoisotopic (exact) mass is 448 g/mol. The van der Waals surface area contributed by atoms with Gasteiger partial charge in [-0.1, -0.05) is 36.1 Å². The maximum absolute atomic E-state index is 12.1. The van der Waals surface area contributed by atoms with Gasteiger partial charge in [0.25, 0.3) is 5.91 Å². The van der Waals surface area contributed by atoms with E-state index in [0.29, 0.717) is 22.9 Å². The third-order valence-corrected chi connectivity index (χ3v) is 6.30. The minimum absolute atomic E-state index is 0.00745. The van der Waals surface area contributed by atoms with Gasteiger partial charge in [0.15, 0.2) is 5.13 Å². The summed E-state index contributed by atoms with van der Waals surface area (Å²) < 4.78 is 5.84. The number of aromatic nitrogens is 1. The Morgan fingerprint density at radius 1 is 1.16 bits per heavy atom. The van der Waals surface area contributed by atoms with Crippen LogP contribution in [0.25, 0.3) is 11.3 Å². The second-order valence-corrected chi connectivity index (χ2v) is 8.45. The molecule has 3 aromatic rings. The Hall–Kier alpha value is -3.65. The van der Waals surface area contributed by atoms with Crippen LogP contribution in [0.1, 0.15) is 22.5 Å². The number of benzene rings is 2. The Labute approximate surface area is 190 Å². The van der Waals surface area contributed by atoms with Crippen LogP contribution in [0.3, 0.4) is 0 Å². The Morgan fingerprint density at radius 2 is 1.88 bits per heavy atom. The van der Waals surface area contributed by atoms with Crippen LogP contribution in [0.5, 0.6) is 11.5 Å². The lowest BCUT2D eigenvalue weighted by molar-refractivity contribution is -0.117. The van der Waals surface area contributed by atoms with Crippen molar-refractivity contribution >= 4 is 28.3 Å². The molecule has 32 heavy (non-hydrogen) atoms. The molecule has 1 aliphatic rings. The van der Waals surface area contributed by atoms with Crippen molar-refractivity contribution < 1.29 is 14.3 Å². The summed E-state index contributed by atoms with van der Waals surface area (Å²) in [6.45, 7) is 4.93. The number of carbonyl (C=O) groups is 2. The average Bonchev–Trinajstić information content (AvgIpc) is 3.26. The molecule has 0 aliphatic carbocycles. The molecule has 0 bridgehead atoms. The van der Waals surface area contributed by atoms with Crippen LogP contribution in [-0.2, 0) is 4.79 Å². The number of hydrogen-bond acceptors (Lipinski definition) is 6. The summed E-state index contributed by atoms with van der Waals surface area (Å²) in [6.07, 6.45) is 3.07. The van der Waals surface area contributed by atoms with Crippen molar-refractivity contribution in [2.24, 2.45) is 5.73 Å². The highest BCUT2D eigenvalue weighted by Crippen LogP contribution is 2.35. The van der Waals surface area contributed by atoms with Gasteiger partial charge < -0.3 is 20.7 Å². The minimum atomic E-state index is -0.512. The number of primary amides is 1. The molecule has 8 heteroatoms. The molecule has 1 fully saturated rings. The van der Waals surface area contributed by atoms with E-state index in [2.05, 4.69) is 16.8 Å². The number of amides is 2. The molecule has 2 amide bonds. The molecule has 2 aromatic carbocycles. The number of thiazole rings is 1. The molecule has 0 saturated carbocycles. The zero-order valence-electron chi connectivity index (χ0n) is 17.5. The molecular weight excluding hydrogens is 424 g/mol. The first-order valence-corrected chi connectivity index (χ1v) is 11.2. The molecule has 2 heterocycles. The van der Waals surface area contributed by atoms with E-state index in [4.69, 9.17) is 15.5 Å². The first-order valence-electron chi connectivity index (χ1n) is 10.4. The molecule has 0 radical (unpaired) electrons. The molecule has 1 atom stereocenters. The summed E-state index contributed by atoms with van der Waals surface area (Å²) >= 11 is 1.28. The summed E-state index contributed by atoms with van der Waals surface area (Å²) in [7, 11) is 0. The van der Waals surface area contributed by atoms with Crippen LogP contribution in [0.4, 0.5) is 5.13 Å². The molecule has 0 spiro atoms. The van der Waals surface area contributed by atoms with E-state index in [-0.39, 0.29) is 11.9 Å². The molecule has 4 rings (SSSR count). The summed E-state index contributed by atoms with van der Waals surface area (Å²) in [5.41, 5.74) is 7.00. The molecule has 1 unspecified atom stereocenters. The smallest absolute Gasteiger partial charge is 0.261 e. The van der Waals surface area contributed by atoms with Gasteiger partial charge in [-0.15, -0.1) is 0 Å². The number of hydrogen-bond donors (Lipinski definition) is 2. The van der Waals surface area contributed by atoms with Gasteiger partial charge in [-0.25, -0.2) is 4.98 Å². The Balaban J connectivity index is 1.55. The fraction of sp³-hybridized carbons (Fsp3) is 0.208. The Bertz CT molecular complexity index is 1110. The van der Waals surface area contributed by atoms with Crippen molar-refractivity contribution in [3.05, 3.63) is 72.1 Å². The average molecular weight is 449 g/mol. The van der Waals surface area contributed by atoms with E-state index >= 15 is 0 Å². The number of nitrogens with two attached hydrogens (primary N) is 1. The largest absolute Gasteiger partial charge is 0.457 e. The van der Waals surface area contributed by atoms with Crippen molar-refractivity contribution in [2.45, 2.75) is 18.9 Å². The number of nitrogens with zero attached hydrogens (tertiary/aromatic N) is 2. The number of carbonyl (C=O) groups excluding carboxylic acids is 2. The molecule has 7 nitrogen and oxygen atoms in total. The van der Waals surface area contributed by atoms with Gasteiger partial charge in [0.1, 0.15) is 16.4 Å².